The van der Waals surface area contributed by atoms with E-state index < -0.39 is 0 Å². The van der Waals surface area contributed by atoms with E-state index in [4.69, 9.17) is 4.74 Å². The number of nitrogens with one attached hydrogen (secondary N) is 2. The van der Waals surface area contributed by atoms with Gasteiger partial charge in [-0.1, -0.05) is 38.1 Å². The molecule has 1 aliphatic heterocycles. The highest BCUT2D eigenvalue weighted by Gasteiger charge is 2.21. The van der Waals surface area contributed by atoms with Gasteiger partial charge in [0.2, 0.25) is 5.91 Å². The lowest BCUT2D eigenvalue weighted by Gasteiger charge is -2.10. The average Bonchev–Trinajstić information content (AvgIpc) is 2.85. The SMILES string of the molecule is CC(C)Sc1ccc(CC(=O)Nc2ccc3c(c2)C(=O)Nc2ccccc2O3)cc1. The largest absolute Gasteiger partial charge is 0.454 e. The minimum Gasteiger partial charge on any atom is -0.454 e. The van der Waals surface area contributed by atoms with E-state index in [1.807, 2.05) is 36.4 Å². The molecule has 3 aromatic carbocycles. The van der Waals surface area contributed by atoms with Gasteiger partial charge in [-0.3, -0.25) is 9.59 Å². The van der Waals surface area contributed by atoms with Crippen molar-refractivity contribution in [3.8, 4) is 11.5 Å². The van der Waals surface area contributed by atoms with E-state index in [1.54, 1.807) is 42.1 Å². The Kier molecular flexibility index (Phi) is 5.77. The third-order valence-corrected chi connectivity index (χ3v) is 5.54. The van der Waals surface area contributed by atoms with Gasteiger partial charge in [-0.15, -0.1) is 11.8 Å². The maximum Gasteiger partial charge on any atom is 0.259 e. The summed E-state index contributed by atoms with van der Waals surface area (Å²) in [5.74, 6) is 0.621. The number of amides is 2. The van der Waals surface area contributed by atoms with Gasteiger partial charge in [0.25, 0.3) is 5.91 Å². The summed E-state index contributed by atoms with van der Waals surface area (Å²) in [6, 6.07) is 20.3. The number of benzene rings is 3. The van der Waals surface area contributed by atoms with E-state index in [0.29, 0.717) is 33.7 Å². The van der Waals surface area contributed by atoms with Crippen molar-refractivity contribution in [1.82, 2.24) is 0 Å². The highest BCUT2D eigenvalue weighted by Crippen LogP contribution is 2.36. The lowest BCUT2D eigenvalue weighted by Crippen LogP contribution is -2.15. The van der Waals surface area contributed by atoms with Crippen LogP contribution in [-0.2, 0) is 11.2 Å². The van der Waals surface area contributed by atoms with Crippen molar-refractivity contribution < 1.29 is 14.3 Å². The van der Waals surface area contributed by atoms with E-state index >= 15 is 0 Å². The Bertz CT molecular complexity index is 1090. The summed E-state index contributed by atoms with van der Waals surface area (Å²) in [7, 11) is 0. The van der Waals surface area contributed by atoms with Crippen LogP contribution in [0, 0.1) is 0 Å². The Balaban J connectivity index is 1.45. The molecule has 0 atom stereocenters. The zero-order valence-corrected chi connectivity index (χ0v) is 17.6. The number of hydrogen-bond donors (Lipinski definition) is 2. The van der Waals surface area contributed by atoms with Gasteiger partial charge in [0.05, 0.1) is 17.7 Å². The number of fused-ring (bicyclic) bond motifs is 2. The molecule has 0 saturated carbocycles. The minimum atomic E-state index is -0.274. The van der Waals surface area contributed by atoms with Crippen LogP contribution in [0.5, 0.6) is 11.5 Å². The molecule has 2 amide bonds. The van der Waals surface area contributed by atoms with Gasteiger partial charge in [-0.05, 0) is 48.0 Å². The summed E-state index contributed by atoms with van der Waals surface area (Å²) in [6.07, 6.45) is 0.262. The first kappa shape index (κ1) is 20.0. The van der Waals surface area contributed by atoms with E-state index in [1.165, 1.54) is 4.90 Å². The van der Waals surface area contributed by atoms with Crippen LogP contribution < -0.4 is 15.4 Å². The number of anilines is 2. The Labute approximate surface area is 179 Å². The molecule has 6 heteroatoms. The maximum absolute atomic E-state index is 12.6. The van der Waals surface area contributed by atoms with Crippen molar-refractivity contribution in [3.63, 3.8) is 0 Å². The fourth-order valence-electron chi connectivity index (χ4n) is 3.19. The molecule has 1 heterocycles. The Hall–Kier alpha value is -3.25. The van der Waals surface area contributed by atoms with Gasteiger partial charge in [-0.2, -0.15) is 0 Å². The molecule has 0 bridgehead atoms. The summed E-state index contributed by atoms with van der Waals surface area (Å²) in [5, 5.41) is 6.22. The second-order valence-electron chi connectivity index (χ2n) is 7.30. The highest BCUT2D eigenvalue weighted by molar-refractivity contribution is 7.99. The number of hydrogen-bond acceptors (Lipinski definition) is 4. The van der Waals surface area contributed by atoms with Crippen LogP contribution in [0.15, 0.2) is 71.6 Å². The second-order valence-corrected chi connectivity index (χ2v) is 8.95. The zero-order valence-electron chi connectivity index (χ0n) is 16.8. The van der Waals surface area contributed by atoms with Gasteiger partial charge < -0.3 is 15.4 Å². The predicted octanol–water partition coefficient (Wildman–Crippen LogP) is 5.73. The monoisotopic (exact) mass is 418 g/mol. The number of carbonyl (C=O) groups excluding carboxylic acids is 2. The first-order chi connectivity index (χ1) is 14.5. The molecule has 152 valence electrons. The molecule has 0 aromatic heterocycles. The topological polar surface area (TPSA) is 67.4 Å². The quantitative estimate of drug-likeness (QED) is 0.520. The molecule has 30 heavy (non-hydrogen) atoms. The predicted molar refractivity (Wildman–Crippen MR) is 121 cm³/mol. The fraction of sp³-hybridized carbons (Fsp3) is 0.167. The standard InChI is InChI=1S/C24H22N2O3S/c1-15(2)30-18-10-7-16(8-11-18)13-23(27)25-17-9-12-21-19(14-17)24(28)26-20-5-3-4-6-22(20)29-21/h3-12,14-15H,13H2,1-2H3,(H,25,27)(H,26,28). The van der Waals surface area contributed by atoms with Crippen molar-refractivity contribution >= 4 is 35.0 Å². The van der Waals surface area contributed by atoms with Gasteiger partial charge in [0.15, 0.2) is 5.75 Å². The summed E-state index contributed by atoms with van der Waals surface area (Å²) in [6.45, 7) is 4.30. The zero-order chi connectivity index (χ0) is 21.1. The number of rotatable bonds is 5. The molecule has 0 unspecified atom stereocenters. The second kappa shape index (κ2) is 8.63. The lowest BCUT2D eigenvalue weighted by molar-refractivity contribution is -0.115. The van der Waals surface area contributed by atoms with Crippen molar-refractivity contribution in [2.75, 3.05) is 10.6 Å². The first-order valence-electron chi connectivity index (χ1n) is 9.75. The maximum atomic E-state index is 12.6. The summed E-state index contributed by atoms with van der Waals surface area (Å²) >= 11 is 1.79. The number of para-hydroxylation sites is 2. The molecule has 0 saturated heterocycles. The van der Waals surface area contributed by atoms with Crippen LogP contribution in [-0.4, -0.2) is 17.1 Å². The van der Waals surface area contributed by atoms with Crippen molar-refractivity contribution in [3.05, 3.63) is 77.9 Å². The Morgan fingerprint density at radius 2 is 1.80 bits per heavy atom. The average molecular weight is 419 g/mol. The molecule has 4 rings (SSSR count). The van der Waals surface area contributed by atoms with Gasteiger partial charge >= 0.3 is 0 Å². The Morgan fingerprint density at radius 1 is 1.03 bits per heavy atom. The van der Waals surface area contributed by atoms with E-state index in [0.717, 1.165) is 5.56 Å². The van der Waals surface area contributed by atoms with Crippen LogP contribution in [0.2, 0.25) is 0 Å². The molecule has 5 nitrogen and oxygen atoms in total. The van der Waals surface area contributed by atoms with Crippen molar-refractivity contribution in [1.29, 1.82) is 0 Å². The molecule has 3 aromatic rings. The minimum absolute atomic E-state index is 0.141. The van der Waals surface area contributed by atoms with Crippen molar-refractivity contribution in [2.24, 2.45) is 0 Å². The summed E-state index contributed by atoms with van der Waals surface area (Å²) < 4.78 is 5.87. The highest BCUT2D eigenvalue weighted by atomic mass is 32.2. The van der Waals surface area contributed by atoms with Gasteiger partial charge in [-0.25, -0.2) is 0 Å². The van der Waals surface area contributed by atoms with Gasteiger partial charge in [0.1, 0.15) is 5.75 Å². The molecular weight excluding hydrogens is 396 g/mol. The smallest absolute Gasteiger partial charge is 0.259 e. The van der Waals surface area contributed by atoms with Crippen LogP contribution in [0.3, 0.4) is 0 Å². The fourth-order valence-corrected chi connectivity index (χ4v) is 4.03. The third kappa shape index (κ3) is 4.66. The van der Waals surface area contributed by atoms with Crippen LogP contribution in [0.25, 0.3) is 0 Å². The molecule has 0 fully saturated rings. The van der Waals surface area contributed by atoms with E-state index in [9.17, 15) is 9.59 Å². The number of carbonyl (C=O) groups is 2. The van der Waals surface area contributed by atoms with E-state index in [-0.39, 0.29) is 18.2 Å². The molecule has 2 N–H and O–H groups in total. The van der Waals surface area contributed by atoms with Crippen LogP contribution in [0.4, 0.5) is 11.4 Å². The third-order valence-electron chi connectivity index (χ3n) is 4.52. The first-order valence-corrected chi connectivity index (χ1v) is 10.6. The van der Waals surface area contributed by atoms with Crippen LogP contribution in [0.1, 0.15) is 29.8 Å². The normalized spacial score (nSPS) is 12.3. The summed E-state index contributed by atoms with van der Waals surface area (Å²) in [5.41, 5.74) is 2.48. The number of ether oxygens (including phenoxy) is 1. The molecule has 0 spiro atoms. The lowest BCUT2D eigenvalue weighted by atomic mass is 10.1. The summed E-state index contributed by atoms with van der Waals surface area (Å²) in [4.78, 5) is 26.3. The van der Waals surface area contributed by atoms with Crippen LogP contribution >= 0.6 is 11.8 Å². The van der Waals surface area contributed by atoms with E-state index in [2.05, 4.69) is 24.5 Å². The molecular formula is C24H22N2O3S. The molecule has 0 aliphatic carbocycles. The molecule has 0 radical (unpaired) electrons. The Morgan fingerprint density at radius 3 is 2.57 bits per heavy atom. The molecule has 1 aliphatic rings. The van der Waals surface area contributed by atoms with Gasteiger partial charge in [0, 0.05) is 15.8 Å². The van der Waals surface area contributed by atoms with Crippen molar-refractivity contribution in [2.45, 2.75) is 30.4 Å². The number of thioether (sulfide) groups is 1.